The first kappa shape index (κ1) is 28.6. The summed E-state index contributed by atoms with van der Waals surface area (Å²) >= 11 is 0. The molecule has 1 aromatic heterocycles. The van der Waals surface area contributed by atoms with Crippen LogP contribution in [0.15, 0.2) is 30.3 Å². The van der Waals surface area contributed by atoms with E-state index in [0.717, 1.165) is 36.7 Å². The van der Waals surface area contributed by atoms with E-state index < -0.39 is 0 Å². The molecule has 0 N–H and O–H groups in total. The van der Waals surface area contributed by atoms with Gasteiger partial charge in [0.05, 0.1) is 39.7 Å². The van der Waals surface area contributed by atoms with Gasteiger partial charge >= 0.3 is 0 Å². The van der Waals surface area contributed by atoms with Gasteiger partial charge in [-0.15, -0.1) is 10.2 Å². The molecule has 2 aliphatic rings. The van der Waals surface area contributed by atoms with Crippen LogP contribution < -0.4 is 14.4 Å². The van der Waals surface area contributed by atoms with Crippen LogP contribution in [0, 0.1) is 5.92 Å². The molecule has 3 heterocycles. The van der Waals surface area contributed by atoms with E-state index in [1.165, 1.54) is 0 Å². The van der Waals surface area contributed by atoms with Gasteiger partial charge in [0.15, 0.2) is 17.3 Å². The number of piperazine rings is 1. The summed E-state index contributed by atoms with van der Waals surface area (Å²) in [4.78, 5) is 34.0. The predicted molar refractivity (Wildman–Crippen MR) is 148 cm³/mol. The number of methoxy groups -OCH3 is 2. The van der Waals surface area contributed by atoms with E-state index in [0.29, 0.717) is 57.4 Å². The molecule has 2 fully saturated rings. The van der Waals surface area contributed by atoms with E-state index in [1.54, 1.807) is 19.1 Å². The normalized spacial score (nSPS) is 16.3. The van der Waals surface area contributed by atoms with Crippen molar-refractivity contribution in [3.8, 4) is 22.8 Å². The lowest BCUT2D eigenvalue weighted by atomic mass is 10.1. The van der Waals surface area contributed by atoms with Crippen LogP contribution in [0.2, 0.25) is 0 Å². The number of ether oxygens (including phenoxy) is 3. The van der Waals surface area contributed by atoms with Gasteiger partial charge in [-0.1, -0.05) is 13.8 Å². The van der Waals surface area contributed by atoms with E-state index in [1.807, 2.05) is 49.1 Å². The van der Waals surface area contributed by atoms with Crippen molar-refractivity contribution in [1.29, 1.82) is 0 Å². The molecule has 4 rings (SSSR count). The van der Waals surface area contributed by atoms with Crippen LogP contribution >= 0.6 is 0 Å². The Morgan fingerprint density at radius 2 is 1.67 bits per heavy atom. The van der Waals surface area contributed by atoms with Crippen molar-refractivity contribution in [2.24, 2.45) is 5.92 Å². The lowest BCUT2D eigenvalue weighted by molar-refractivity contribution is -0.142. The smallest absolute Gasteiger partial charge is 0.242 e. The number of carbonyl (C=O) groups excluding carboxylic acids is 2. The molecule has 0 saturated carbocycles. The van der Waals surface area contributed by atoms with Gasteiger partial charge in [-0.25, -0.2) is 0 Å². The Labute approximate surface area is 230 Å². The van der Waals surface area contributed by atoms with Crippen LogP contribution in [-0.2, 0) is 14.3 Å². The van der Waals surface area contributed by atoms with Crippen molar-refractivity contribution in [3.63, 3.8) is 0 Å². The second-order valence-electron chi connectivity index (χ2n) is 10.1. The maximum absolute atomic E-state index is 13.2. The molecule has 11 nitrogen and oxygen atoms in total. The number of aromatic nitrogens is 2. The van der Waals surface area contributed by atoms with Crippen LogP contribution in [0.1, 0.15) is 13.8 Å². The molecule has 0 atom stereocenters. The van der Waals surface area contributed by atoms with Gasteiger partial charge in [-0.3, -0.25) is 14.5 Å². The minimum atomic E-state index is -0.153. The summed E-state index contributed by atoms with van der Waals surface area (Å²) < 4.78 is 16.1. The standard InChI is InChI=1S/C28H40N6O5/c1-21(2)28(36)34(10-9-31-15-17-39-18-16-31)20-27(35)33-13-11-32(12-14-33)26-8-6-23(29-30-26)22-5-7-24(37-3)25(19-22)38-4/h5-8,19,21H,9-18,20H2,1-4H3. The molecule has 11 heteroatoms. The Bertz CT molecular complexity index is 1100. The van der Waals surface area contributed by atoms with Crippen molar-refractivity contribution in [2.75, 3.05) is 91.2 Å². The number of hydrogen-bond acceptors (Lipinski definition) is 9. The SMILES string of the molecule is COc1ccc(-c2ccc(N3CCN(C(=O)CN(CCN4CCOCC4)C(=O)C(C)C)CC3)nn2)cc1OC. The summed E-state index contributed by atoms with van der Waals surface area (Å²) in [6, 6.07) is 9.53. The fraction of sp³-hybridized carbons (Fsp3) is 0.571. The summed E-state index contributed by atoms with van der Waals surface area (Å²) in [5.74, 6) is 1.91. The lowest BCUT2D eigenvalue weighted by Gasteiger charge is -2.37. The van der Waals surface area contributed by atoms with E-state index >= 15 is 0 Å². The molecular formula is C28H40N6O5. The Balaban J connectivity index is 1.31. The van der Waals surface area contributed by atoms with Crippen LogP contribution in [0.3, 0.4) is 0 Å². The van der Waals surface area contributed by atoms with Crippen LogP contribution in [0.25, 0.3) is 11.3 Å². The highest BCUT2D eigenvalue weighted by molar-refractivity contribution is 5.85. The van der Waals surface area contributed by atoms with Crippen LogP contribution in [-0.4, -0.2) is 123 Å². The fourth-order valence-corrected chi connectivity index (χ4v) is 4.81. The van der Waals surface area contributed by atoms with Crippen molar-refractivity contribution < 1.29 is 23.8 Å². The molecule has 39 heavy (non-hydrogen) atoms. The fourth-order valence-electron chi connectivity index (χ4n) is 4.81. The maximum atomic E-state index is 13.2. The van der Waals surface area contributed by atoms with Gasteiger partial charge in [0, 0.05) is 63.8 Å². The average molecular weight is 541 g/mol. The summed E-state index contributed by atoms with van der Waals surface area (Å²) in [7, 11) is 3.21. The number of rotatable bonds is 10. The van der Waals surface area contributed by atoms with Crippen molar-refractivity contribution in [3.05, 3.63) is 30.3 Å². The zero-order chi connectivity index (χ0) is 27.8. The van der Waals surface area contributed by atoms with Gasteiger partial charge in [-0.2, -0.15) is 0 Å². The highest BCUT2D eigenvalue weighted by Gasteiger charge is 2.27. The first-order chi connectivity index (χ1) is 18.9. The highest BCUT2D eigenvalue weighted by atomic mass is 16.5. The predicted octanol–water partition coefficient (Wildman–Crippen LogP) is 1.63. The Morgan fingerprint density at radius 3 is 2.28 bits per heavy atom. The molecule has 0 aliphatic carbocycles. The largest absolute Gasteiger partial charge is 0.493 e. The molecule has 0 spiro atoms. The third kappa shape index (κ3) is 7.36. The third-order valence-electron chi connectivity index (χ3n) is 7.21. The molecule has 0 bridgehead atoms. The summed E-state index contributed by atoms with van der Waals surface area (Å²) in [5, 5.41) is 8.86. The summed E-state index contributed by atoms with van der Waals surface area (Å²) in [6.07, 6.45) is 0. The van der Waals surface area contributed by atoms with Gasteiger partial charge in [-0.05, 0) is 30.3 Å². The maximum Gasteiger partial charge on any atom is 0.242 e. The van der Waals surface area contributed by atoms with Gasteiger partial charge in [0.25, 0.3) is 0 Å². The first-order valence-corrected chi connectivity index (χ1v) is 13.6. The Morgan fingerprint density at radius 1 is 0.949 bits per heavy atom. The summed E-state index contributed by atoms with van der Waals surface area (Å²) in [5.41, 5.74) is 1.62. The minimum Gasteiger partial charge on any atom is -0.493 e. The molecule has 2 amide bonds. The van der Waals surface area contributed by atoms with Crippen molar-refractivity contribution >= 4 is 17.6 Å². The number of anilines is 1. The number of carbonyl (C=O) groups is 2. The molecular weight excluding hydrogens is 500 g/mol. The zero-order valence-electron chi connectivity index (χ0n) is 23.5. The second-order valence-corrected chi connectivity index (χ2v) is 10.1. The van der Waals surface area contributed by atoms with Crippen LogP contribution in [0.5, 0.6) is 11.5 Å². The van der Waals surface area contributed by atoms with Crippen molar-refractivity contribution in [1.82, 2.24) is 24.9 Å². The minimum absolute atomic E-state index is 0.0134. The number of morpholine rings is 1. The van der Waals surface area contributed by atoms with E-state index in [4.69, 9.17) is 14.2 Å². The van der Waals surface area contributed by atoms with Crippen LogP contribution in [0.4, 0.5) is 5.82 Å². The molecule has 212 valence electrons. The number of nitrogens with zero attached hydrogens (tertiary/aromatic N) is 6. The molecule has 0 unspecified atom stereocenters. The van der Waals surface area contributed by atoms with Gasteiger partial charge < -0.3 is 28.9 Å². The Hall–Kier alpha value is -3.44. The average Bonchev–Trinajstić information content (AvgIpc) is 2.99. The lowest BCUT2D eigenvalue weighted by Crippen LogP contribution is -2.53. The van der Waals surface area contributed by atoms with E-state index in [-0.39, 0.29) is 24.3 Å². The number of amides is 2. The van der Waals surface area contributed by atoms with E-state index in [2.05, 4.69) is 20.0 Å². The zero-order valence-corrected chi connectivity index (χ0v) is 23.5. The monoisotopic (exact) mass is 540 g/mol. The third-order valence-corrected chi connectivity index (χ3v) is 7.21. The molecule has 2 saturated heterocycles. The summed E-state index contributed by atoms with van der Waals surface area (Å²) in [6.45, 7) is 10.8. The molecule has 1 aromatic carbocycles. The topological polar surface area (TPSA) is 101 Å². The van der Waals surface area contributed by atoms with Crippen molar-refractivity contribution in [2.45, 2.75) is 13.8 Å². The van der Waals surface area contributed by atoms with Gasteiger partial charge in [0.2, 0.25) is 11.8 Å². The highest BCUT2D eigenvalue weighted by Crippen LogP contribution is 2.31. The quantitative estimate of drug-likeness (QED) is 0.445. The Kier molecular flexibility index (Phi) is 9.94. The number of benzene rings is 1. The van der Waals surface area contributed by atoms with E-state index in [9.17, 15) is 9.59 Å². The number of hydrogen-bond donors (Lipinski definition) is 0. The molecule has 0 radical (unpaired) electrons. The second kappa shape index (κ2) is 13.6. The molecule has 2 aliphatic heterocycles. The molecule has 2 aromatic rings. The first-order valence-electron chi connectivity index (χ1n) is 13.6. The van der Waals surface area contributed by atoms with Gasteiger partial charge in [0.1, 0.15) is 0 Å².